The van der Waals surface area contributed by atoms with Crippen molar-refractivity contribution in [2.45, 2.75) is 76.9 Å². The van der Waals surface area contributed by atoms with E-state index in [4.69, 9.17) is 26.2 Å². The summed E-state index contributed by atoms with van der Waals surface area (Å²) in [4.78, 5) is 14.0. The van der Waals surface area contributed by atoms with Gasteiger partial charge in [-0.3, -0.25) is 4.99 Å². The summed E-state index contributed by atoms with van der Waals surface area (Å²) in [5, 5.41) is 23.1. The largest absolute Gasteiger partial charge is 0.508 e. The van der Waals surface area contributed by atoms with E-state index in [9.17, 15) is 10.2 Å². The summed E-state index contributed by atoms with van der Waals surface area (Å²) in [6.45, 7) is 5.03. The van der Waals surface area contributed by atoms with E-state index in [0.29, 0.717) is 24.8 Å². The molecular weight excluding hydrogens is 456 g/mol. The molecule has 0 spiro atoms. The van der Waals surface area contributed by atoms with Crippen LogP contribution in [0.25, 0.3) is 0 Å². The highest BCUT2D eigenvalue weighted by molar-refractivity contribution is 5.75. The van der Waals surface area contributed by atoms with E-state index in [-0.39, 0.29) is 42.3 Å². The Kier molecular flexibility index (Phi) is 8.51. The number of phenols is 1. The summed E-state index contributed by atoms with van der Waals surface area (Å²) in [7, 11) is 0. The molecule has 9 nitrogen and oxygen atoms in total. The highest BCUT2D eigenvalue weighted by Crippen LogP contribution is 2.46. The fourth-order valence-corrected chi connectivity index (χ4v) is 5.45. The molecule has 1 aromatic heterocycles. The Balaban J connectivity index is 1.59. The highest BCUT2D eigenvalue weighted by atomic mass is 16.5. The molecule has 0 amide bonds. The van der Waals surface area contributed by atoms with Crippen LogP contribution in [0.2, 0.25) is 0 Å². The number of aliphatic imine (C=N–C) groups is 1. The van der Waals surface area contributed by atoms with Crippen LogP contribution in [0.4, 0.5) is 5.69 Å². The van der Waals surface area contributed by atoms with Gasteiger partial charge < -0.3 is 31.7 Å². The van der Waals surface area contributed by atoms with Crippen LogP contribution in [0, 0.1) is 11.8 Å². The van der Waals surface area contributed by atoms with Crippen molar-refractivity contribution >= 4 is 11.6 Å². The molecule has 196 valence electrons. The normalized spacial score (nSPS) is 23.2. The molecule has 4 rings (SSSR count). The summed E-state index contributed by atoms with van der Waals surface area (Å²) in [5.41, 5.74) is 14.0. The van der Waals surface area contributed by atoms with E-state index in [1.54, 1.807) is 12.1 Å². The van der Waals surface area contributed by atoms with Crippen LogP contribution in [-0.2, 0) is 12.8 Å². The summed E-state index contributed by atoms with van der Waals surface area (Å²) in [5.74, 6) is 2.70. The molecule has 2 aromatic rings. The average molecular weight is 497 g/mol. The lowest BCUT2D eigenvalue weighted by atomic mass is 9.95. The number of aliphatic hydroxyl groups excluding tert-OH is 1. The van der Waals surface area contributed by atoms with E-state index in [1.807, 2.05) is 12.1 Å². The Hall–Kier alpha value is -3.07. The second kappa shape index (κ2) is 11.8. The zero-order valence-electron chi connectivity index (χ0n) is 21.4. The maximum atomic E-state index is 9.70. The number of nitrogens with two attached hydrogens (primary N) is 2. The number of aryl methyl sites for hydroxylation is 2. The molecule has 2 heterocycles. The van der Waals surface area contributed by atoms with Crippen molar-refractivity contribution < 1.29 is 14.9 Å². The first-order valence-electron chi connectivity index (χ1n) is 13.2. The molecule has 1 aromatic carbocycles. The number of aromatic hydroxyl groups is 1. The quantitative estimate of drug-likeness (QED) is 0.181. The molecule has 0 unspecified atom stereocenters. The van der Waals surface area contributed by atoms with Crippen LogP contribution in [0.3, 0.4) is 0 Å². The molecule has 0 radical (unpaired) electrons. The predicted molar refractivity (Wildman–Crippen MR) is 141 cm³/mol. The van der Waals surface area contributed by atoms with Crippen LogP contribution in [-0.4, -0.2) is 51.4 Å². The number of nitrogens with zero attached hydrogens (tertiary/aromatic N) is 3. The van der Waals surface area contributed by atoms with E-state index in [2.05, 4.69) is 24.2 Å². The van der Waals surface area contributed by atoms with Crippen molar-refractivity contribution in [3.05, 3.63) is 41.3 Å². The number of ether oxygens (including phenoxy) is 1. The Morgan fingerprint density at radius 1 is 1.17 bits per heavy atom. The maximum Gasteiger partial charge on any atom is 0.241 e. The molecule has 9 heteroatoms. The monoisotopic (exact) mass is 496 g/mol. The summed E-state index contributed by atoms with van der Waals surface area (Å²) in [6, 6.07) is 7.45. The van der Waals surface area contributed by atoms with Crippen molar-refractivity contribution in [2.75, 3.05) is 18.5 Å². The van der Waals surface area contributed by atoms with Gasteiger partial charge in [-0.2, -0.15) is 4.98 Å². The third-order valence-corrected chi connectivity index (χ3v) is 7.63. The van der Waals surface area contributed by atoms with E-state index >= 15 is 0 Å². The Labute approximate surface area is 213 Å². The van der Waals surface area contributed by atoms with E-state index in [0.717, 1.165) is 61.3 Å². The number of rotatable bonds is 11. The molecule has 1 saturated carbocycles. The van der Waals surface area contributed by atoms with Gasteiger partial charge in [0.05, 0.1) is 11.7 Å². The number of aromatic nitrogens is 2. The van der Waals surface area contributed by atoms with E-state index in [1.165, 1.54) is 0 Å². The van der Waals surface area contributed by atoms with Crippen molar-refractivity contribution in [1.29, 1.82) is 0 Å². The molecule has 1 aliphatic carbocycles. The predicted octanol–water partition coefficient (Wildman–Crippen LogP) is 3.09. The molecular formula is C27H40N6O3. The van der Waals surface area contributed by atoms with Gasteiger partial charge in [-0.05, 0) is 68.6 Å². The lowest BCUT2D eigenvalue weighted by Gasteiger charge is -2.35. The van der Waals surface area contributed by atoms with Gasteiger partial charge in [0.15, 0.2) is 5.96 Å². The molecule has 5 atom stereocenters. The third-order valence-electron chi connectivity index (χ3n) is 7.63. The number of guanidine groups is 1. The highest BCUT2D eigenvalue weighted by Gasteiger charge is 2.47. The molecule has 1 aliphatic heterocycles. The lowest BCUT2D eigenvalue weighted by molar-refractivity contribution is 0.113. The van der Waals surface area contributed by atoms with Gasteiger partial charge in [-0.1, -0.05) is 26.0 Å². The first-order chi connectivity index (χ1) is 17.4. The lowest BCUT2D eigenvalue weighted by Crippen LogP contribution is -2.44. The number of anilines is 1. The topological polar surface area (TPSA) is 152 Å². The van der Waals surface area contributed by atoms with Crippen LogP contribution >= 0.6 is 0 Å². The van der Waals surface area contributed by atoms with Crippen LogP contribution in [0.1, 0.15) is 69.0 Å². The fourth-order valence-electron chi connectivity index (χ4n) is 5.45. The standard InChI is InChI=1S/C27H40N6O3/c1-3-16(2)25-31-21(11-8-17-6-9-20(35)10-7-17)23-26(33-25)36-24-19(12-14-34)15-18(22(24)32-23)5-4-13-30-27(28)29/h6-7,9-10,16,18-19,22,24,32,34-35H,3-5,8,11-15H2,1-2H3,(H4,28,29,30)/t16-,18-,19-,22+,24+/m0/s1. The number of benzene rings is 1. The van der Waals surface area contributed by atoms with Gasteiger partial charge in [0.25, 0.3) is 0 Å². The van der Waals surface area contributed by atoms with E-state index < -0.39 is 0 Å². The first kappa shape index (κ1) is 26.0. The molecule has 36 heavy (non-hydrogen) atoms. The number of hydrogen-bond acceptors (Lipinski definition) is 7. The van der Waals surface area contributed by atoms with Gasteiger partial charge in [0.1, 0.15) is 23.4 Å². The Morgan fingerprint density at radius 2 is 1.94 bits per heavy atom. The van der Waals surface area contributed by atoms with Crippen molar-refractivity contribution in [3.63, 3.8) is 0 Å². The zero-order valence-corrected chi connectivity index (χ0v) is 21.4. The molecule has 0 bridgehead atoms. The SMILES string of the molecule is CC[C@H](C)c1nc(CCc2ccc(O)cc2)c2c(n1)O[C@@H]1[C@@H](CCO)C[C@H](CCCN=C(N)N)[C@H]1N2. The third kappa shape index (κ3) is 6.00. The Bertz CT molecular complexity index is 1040. The summed E-state index contributed by atoms with van der Waals surface area (Å²) in [6.07, 6.45) is 6.00. The molecule has 7 N–H and O–H groups in total. The minimum atomic E-state index is -0.0395. The van der Waals surface area contributed by atoms with Crippen molar-refractivity contribution in [1.82, 2.24) is 9.97 Å². The van der Waals surface area contributed by atoms with Crippen LogP contribution in [0.5, 0.6) is 11.6 Å². The summed E-state index contributed by atoms with van der Waals surface area (Å²) < 4.78 is 6.61. The maximum absolute atomic E-state index is 9.70. The van der Waals surface area contributed by atoms with Gasteiger partial charge >= 0.3 is 0 Å². The smallest absolute Gasteiger partial charge is 0.241 e. The minimum absolute atomic E-state index is 0.0395. The number of hydrogen-bond donors (Lipinski definition) is 5. The second-order valence-electron chi connectivity index (χ2n) is 10.2. The minimum Gasteiger partial charge on any atom is -0.508 e. The van der Waals surface area contributed by atoms with Crippen LogP contribution < -0.4 is 21.5 Å². The molecule has 1 fully saturated rings. The number of phenolic OH excluding ortho intramolecular Hbond substituents is 1. The van der Waals surface area contributed by atoms with Crippen molar-refractivity contribution in [2.24, 2.45) is 28.3 Å². The second-order valence-corrected chi connectivity index (χ2v) is 10.2. The zero-order chi connectivity index (χ0) is 25.7. The van der Waals surface area contributed by atoms with Gasteiger partial charge in [-0.25, -0.2) is 4.98 Å². The fraction of sp³-hybridized carbons (Fsp3) is 0.593. The van der Waals surface area contributed by atoms with Gasteiger partial charge in [0, 0.05) is 25.0 Å². The number of aliphatic hydroxyl groups is 1. The van der Waals surface area contributed by atoms with Gasteiger partial charge in [0.2, 0.25) is 5.88 Å². The van der Waals surface area contributed by atoms with Crippen molar-refractivity contribution in [3.8, 4) is 11.6 Å². The molecule has 0 saturated heterocycles. The number of nitrogens with one attached hydrogen (secondary N) is 1. The van der Waals surface area contributed by atoms with Gasteiger partial charge in [-0.15, -0.1) is 0 Å². The first-order valence-corrected chi connectivity index (χ1v) is 13.2. The summed E-state index contributed by atoms with van der Waals surface area (Å²) >= 11 is 0. The molecule has 2 aliphatic rings. The van der Waals surface area contributed by atoms with Crippen LogP contribution in [0.15, 0.2) is 29.3 Å². The number of fused-ring (bicyclic) bond motifs is 2. The Morgan fingerprint density at radius 3 is 2.64 bits per heavy atom. The average Bonchev–Trinajstić information content (AvgIpc) is 3.20.